The molecule has 0 atom stereocenters. The Kier molecular flexibility index (Phi) is 1.86. The third-order valence-corrected chi connectivity index (χ3v) is 1.33. The molecule has 0 aliphatic rings. The van der Waals surface area contributed by atoms with Crippen molar-refractivity contribution < 1.29 is 0 Å². The number of H-pyrrole nitrogens is 2. The third kappa shape index (κ3) is 1.35. The van der Waals surface area contributed by atoms with E-state index in [4.69, 9.17) is 17.1 Å². The highest BCUT2D eigenvalue weighted by Gasteiger charge is 2.03. The molecular weight excluding hydrogens is 172 g/mol. The van der Waals surface area contributed by atoms with Crippen LogP contribution < -0.4 is 11.2 Å². The summed E-state index contributed by atoms with van der Waals surface area (Å²) in [7, 11) is 0. The van der Waals surface area contributed by atoms with Gasteiger partial charge in [0.2, 0.25) is 0 Å². The molecule has 0 saturated heterocycles. The summed E-state index contributed by atoms with van der Waals surface area (Å²) in [6.07, 6.45) is 0. The number of hydrogen-bond acceptors (Lipinski definition) is 4. The molecule has 1 rings (SSSR count). The number of nitrogens with one attached hydrogen (secondary N) is 3. The SMILES string of the molecule is N=Nc1[nH]c(=O)[nH]c(=O)c1Cl. The molecule has 1 aromatic rings. The van der Waals surface area contributed by atoms with Crippen LogP contribution in [0.2, 0.25) is 5.02 Å². The first-order chi connectivity index (χ1) is 5.15. The predicted molar refractivity (Wildman–Crippen MR) is 37.5 cm³/mol. The van der Waals surface area contributed by atoms with Gasteiger partial charge in [0.25, 0.3) is 5.56 Å². The second-order valence-electron chi connectivity index (χ2n) is 1.68. The first-order valence-corrected chi connectivity index (χ1v) is 2.92. The fraction of sp³-hybridized carbons (Fsp3) is 0. The molecule has 0 bridgehead atoms. The van der Waals surface area contributed by atoms with Crippen LogP contribution in [0.4, 0.5) is 5.82 Å². The number of rotatable bonds is 1. The van der Waals surface area contributed by atoms with Gasteiger partial charge in [-0.2, -0.15) is 0 Å². The normalized spacial score (nSPS) is 9.55. The van der Waals surface area contributed by atoms with E-state index >= 15 is 0 Å². The molecule has 0 spiro atoms. The van der Waals surface area contributed by atoms with Gasteiger partial charge in [0.15, 0.2) is 10.8 Å². The summed E-state index contributed by atoms with van der Waals surface area (Å²) in [5, 5.41) is 2.54. The predicted octanol–water partition coefficient (Wildman–Crippen LogP) is 0.379. The molecule has 0 saturated carbocycles. The number of hydrogen-bond donors (Lipinski definition) is 3. The van der Waals surface area contributed by atoms with Crippen LogP contribution in [0.25, 0.3) is 0 Å². The van der Waals surface area contributed by atoms with Crippen molar-refractivity contribution in [3.63, 3.8) is 0 Å². The van der Waals surface area contributed by atoms with E-state index in [2.05, 4.69) is 10.1 Å². The molecule has 58 valence electrons. The lowest BCUT2D eigenvalue weighted by atomic mass is 10.6. The van der Waals surface area contributed by atoms with E-state index in [1.165, 1.54) is 0 Å². The van der Waals surface area contributed by atoms with Gasteiger partial charge in [-0.05, 0) is 0 Å². The lowest BCUT2D eigenvalue weighted by molar-refractivity contribution is 0.991. The quantitative estimate of drug-likeness (QED) is 0.536. The van der Waals surface area contributed by atoms with Crippen LogP contribution in [0.3, 0.4) is 0 Å². The minimum absolute atomic E-state index is 0.236. The highest BCUT2D eigenvalue weighted by Crippen LogP contribution is 2.13. The Labute approximate surface area is 64.7 Å². The summed E-state index contributed by atoms with van der Waals surface area (Å²) >= 11 is 5.34. The zero-order valence-electron chi connectivity index (χ0n) is 5.14. The maximum Gasteiger partial charge on any atom is 0.327 e. The molecule has 3 N–H and O–H groups in total. The van der Waals surface area contributed by atoms with Gasteiger partial charge >= 0.3 is 5.69 Å². The zero-order chi connectivity index (χ0) is 8.43. The van der Waals surface area contributed by atoms with Crippen LogP contribution >= 0.6 is 11.6 Å². The monoisotopic (exact) mass is 174 g/mol. The van der Waals surface area contributed by atoms with E-state index in [1.807, 2.05) is 4.98 Å². The van der Waals surface area contributed by atoms with Gasteiger partial charge in [-0.3, -0.25) is 14.8 Å². The first kappa shape index (κ1) is 7.67. The number of halogens is 1. The minimum Gasteiger partial charge on any atom is -0.289 e. The molecule has 0 aliphatic heterocycles. The van der Waals surface area contributed by atoms with E-state index in [9.17, 15) is 9.59 Å². The molecule has 0 aliphatic carbocycles. The summed E-state index contributed by atoms with van der Waals surface area (Å²) in [4.78, 5) is 25.1. The summed E-state index contributed by atoms with van der Waals surface area (Å²) < 4.78 is 0. The van der Waals surface area contributed by atoms with Crippen molar-refractivity contribution >= 4 is 17.4 Å². The molecule has 1 aromatic heterocycles. The number of nitrogens with zero attached hydrogens (tertiary/aromatic N) is 1. The average Bonchev–Trinajstić information content (AvgIpc) is 1.96. The van der Waals surface area contributed by atoms with Crippen LogP contribution in [-0.4, -0.2) is 9.97 Å². The molecule has 1 heterocycles. The second-order valence-corrected chi connectivity index (χ2v) is 2.06. The van der Waals surface area contributed by atoms with Gasteiger partial charge in [0.1, 0.15) is 0 Å². The maximum atomic E-state index is 10.7. The highest BCUT2D eigenvalue weighted by atomic mass is 35.5. The van der Waals surface area contributed by atoms with Crippen molar-refractivity contribution in [3.8, 4) is 0 Å². The molecule has 0 amide bonds. The van der Waals surface area contributed by atoms with Crippen molar-refractivity contribution in [3.05, 3.63) is 25.9 Å². The summed E-state index contributed by atoms with van der Waals surface area (Å²) in [6.45, 7) is 0. The van der Waals surface area contributed by atoms with E-state index in [-0.39, 0.29) is 10.8 Å². The molecule has 0 fully saturated rings. The maximum absolute atomic E-state index is 10.7. The highest BCUT2D eigenvalue weighted by molar-refractivity contribution is 6.32. The van der Waals surface area contributed by atoms with Crippen molar-refractivity contribution in [1.29, 1.82) is 5.53 Å². The fourth-order valence-electron chi connectivity index (χ4n) is 0.536. The van der Waals surface area contributed by atoms with Crippen LogP contribution in [0.1, 0.15) is 0 Å². The topological polar surface area (TPSA) is 102 Å². The minimum atomic E-state index is -0.749. The fourth-order valence-corrected chi connectivity index (χ4v) is 0.673. The van der Waals surface area contributed by atoms with E-state index in [0.717, 1.165) is 0 Å². The lowest BCUT2D eigenvalue weighted by Gasteiger charge is -1.90. The van der Waals surface area contributed by atoms with Crippen molar-refractivity contribution in [2.45, 2.75) is 0 Å². The van der Waals surface area contributed by atoms with Gasteiger partial charge in [-0.15, -0.1) is 5.11 Å². The Morgan fingerprint density at radius 1 is 1.36 bits per heavy atom. The van der Waals surface area contributed by atoms with Gasteiger partial charge in [0.05, 0.1) is 0 Å². The number of aromatic nitrogens is 2. The zero-order valence-corrected chi connectivity index (χ0v) is 5.90. The molecule has 0 aromatic carbocycles. The van der Waals surface area contributed by atoms with E-state index < -0.39 is 11.2 Å². The second kappa shape index (κ2) is 2.67. The van der Waals surface area contributed by atoms with Gasteiger partial charge in [-0.1, -0.05) is 11.6 Å². The Bertz CT molecular complexity index is 392. The smallest absolute Gasteiger partial charge is 0.289 e. The first-order valence-electron chi connectivity index (χ1n) is 2.54. The largest absolute Gasteiger partial charge is 0.327 e. The van der Waals surface area contributed by atoms with E-state index in [1.54, 1.807) is 0 Å². The summed E-state index contributed by atoms with van der Waals surface area (Å²) in [5.41, 5.74) is 5.02. The van der Waals surface area contributed by atoms with E-state index in [0.29, 0.717) is 0 Å². The Hall–Kier alpha value is -1.43. The molecule has 7 heteroatoms. The third-order valence-electron chi connectivity index (χ3n) is 0.978. The van der Waals surface area contributed by atoms with Gasteiger partial charge in [0, 0.05) is 0 Å². The molecule has 0 radical (unpaired) electrons. The average molecular weight is 175 g/mol. The summed E-state index contributed by atoms with van der Waals surface area (Å²) in [5.74, 6) is -0.236. The summed E-state index contributed by atoms with van der Waals surface area (Å²) in [6, 6.07) is 0. The molecule has 6 nitrogen and oxygen atoms in total. The lowest BCUT2D eigenvalue weighted by Crippen LogP contribution is -2.21. The standard InChI is InChI=1S/C4H3ClN4O2/c5-1-2(9-6)7-4(11)8-3(1)10/h6H,(H2,7,8,10,11). The Balaban J connectivity index is 3.61. The molecular formula is C4H3ClN4O2. The van der Waals surface area contributed by atoms with Crippen molar-refractivity contribution in [2.24, 2.45) is 5.11 Å². The molecule has 0 unspecified atom stereocenters. The molecule has 11 heavy (non-hydrogen) atoms. The van der Waals surface area contributed by atoms with Crippen LogP contribution in [0, 0.1) is 5.53 Å². The van der Waals surface area contributed by atoms with Crippen molar-refractivity contribution in [2.75, 3.05) is 0 Å². The Morgan fingerprint density at radius 3 is 2.55 bits per heavy atom. The Morgan fingerprint density at radius 2 is 2.00 bits per heavy atom. The number of aromatic amines is 2. The van der Waals surface area contributed by atoms with Crippen LogP contribution in [-0.2, 0) is 0 Å². The van der Waals surface area contributed by atoms with Gasteiger partial charge < -0.3 is 0 Å². The van der Waals surface area contributed by atoms with Crippen LogP contribution in [0.5, 0.6) is 0 Å². The van der Waals surface area contributed by atoms with Crippen molar-refractivity contribution in [1.82, 2.24) is 9.97 Å². The van der Waals surface area contributed by atoms with Gasteiger partial charge in [-0.25, -0.2) is 10.3 Å². The van der Waals surface area contributed by atoms with Crippen LogP contribution in [0.15, 0.2) is 14.7 Å².